The number of carbonyl (C=O) groups excluding carboxylic acids is 2. The van der Waals surface area contributed by atoms with Crippen molar-refractivity contribution in [3.63, 3.8) is 0 Å². The fraction of sp³-hybridized carbons (Fsp3) is 0.407. The molecule has 1 fully saturated rings. The molecule has 2 heterocycles. The Balaban J connectivity index is 1.87. The monoisotopic (exact) mass is 493 g/mol. The van der Waals surface area contributed by atoms with Gasteiger partial charge in [0.25, 0.3) is 5.56 Å². The van der Waals surface area contributed by atoms with Gasteiger partial charge in [-0.1, -0.05) is 12.1 Å². The lowest BCUT2D eigenvalue weighted by Crippen LogP contribution is -2.42. The van der Waals surface area contributed by atoms with Crippen molar-refractivity contribution in [3.05, 3.63) is 68.4 Å². The van der Waals surface area contributed by atoms with Crippen LogP contribution < -0.4 is 20.7 Å². The zero-order valence-electron chi connectivity index (χ0n) is 21.1. The lowest BCUT2D eigenvalue weighted by Gasteiger charge is -2.20. The number of hydrogen-bond donors (Lipinski definition) is 0. The lowest BCUT2D eigenvalue weighted by atomic mass is 10.1. The molecule has 0 bridgehead atoms. The van der Waals surface area contributed by atoms with Crippen molar-refractivity contribution in [2.75, 3.05) is 27.3 Å². The molecule has 0 N–H and O–H groups in total. The third-order valence-electron chi connectivity index (χ3n) is 6.76. The number of aryl methyl sites for hydroxylation is 1. The zero-order valence-corrected chi connectivity index (χ0v) is 21.1. The molecule has 1 amide bonds. The van der Waals surface area contributed by atoms with Crippen LogP contribution in [0.5, 0.6) is 11.5 Å². The Kier molecular flexibility index (Phi) is 7.28. The first-order valence-corrected chi connectivity index (χ1v) is 12.0. The number of ether oxygens (including phenoxy) is 2. The van der Waals surface area contributed by atoms with Gasteiger partial charge in [-0.25, -0.2) is 4.79 Å². The standard InChI is InChI=1S/C27H31N3O6/c1-17(31)5-6-19-7-9-23-22(13-19)26(33)29(15-20-8-10-24(35-3)25(14-20)36-4)27(34)30(23)21-11-12-28(16-21)18(2)32/h7-10,13-14,21H,5-6,11-12,15-16H2,1-4H3. The Morgan fingerprint density at radius 2 is 1.69 bits per heavy atom. The highest BCUT2D eigenvalue weighted by Gasteiger charge is 2.29. The number of aromatic nitrogens is 2. The van der Waals surface area contributed by atoms with E-state index >= 15 is 0 Å². The summed E-state index contributed by atoms with van der Waals surface area (Å²) in [5, 5.41) is 0.414. The van der Waals surface area contributed by atoms with Crippen LogP contribution in [0.1, 0.15) is 43.9 Å². The molecule has 190 valence electrons. The Labute approximate surface area is 208 Å². The molecule has 36 heavy (non-hydrogen) atoms. The minimum Gasteiger partial charge on any atom is -0.493 e. The van der Waals surface area contributed by atoms with E-state index in [-0.39, 0.29) is 24.3 Å². The first kappa shape index (κ1) is 25.2. The molecule has 4 rings (SSSR count). The van der Waals surface area contributed by atoms with Crippen LogP contribution in [0, 0.1) is 0 Å². The number of amides is 1. The predicted octanol–water partition coefficient (Wildman–Crippen LogP) is 2.54. The average molecular weight is 494 g/mol. The third-order valence-corrected chi connectivity index (χ3v) is 6.76. The van der Waals surface area contributed by atoms with Crippen molar-refractivity contribution in [2.45, 2.75) is 45.7 Å². The molecule has 1 aliphatic heterocycles. The van der Waals surface area contributed by atoms with Crippen molar-refractivity contribution >= 4 is 22.6 Å². The molecule has 9 heteroatoms. The first-order valence-electron chi connectivity index (χ1n) is 12.0. The van der Waals surface area contributed by atoms with E-state index in [4.69, 9.17) is 9.47 Å². The van der Waals surface area contributed by atoms with Crippen LogP contribution in [0.3, 0.4) is 0 Å². The fourth-order valence-electron chi connectivity index (χ4n) is 4.80. The molecule has 9 nitrogen and oxygen atoms in total. The molecule has 0 radical (unpaired) electrons. The van der Waals surface area contributed by atoms with Crippen LogP contribution in [0.25, 0.3) is 10.9 Å². The van der Waals surface area contributed by atoms with Gasteiger partial charge >= 0.3 is 5.69 Å². The van der Waals surface area contributed by atoms with Crippen molar-refractivity contribution in [1.29, 1.82) is 0 Å². The number of methoxy groups -OCH3 is 2. The van der Waals surface area contributed by atoms with E-state index < -0.39 is 11.2 Å². The van der Waals surface area contributed by atoms with Crippen LogP contribution in [0.15, 0.2) is 46.0 Å². The molecule has 1 saturated heterocycles. The number of Topliss-reactive ketones (excluding diaryl/α,β-unsaturated/α-hetero) is 1. The second kappa shape index (κ2) is 10.4. The van der Waals surface area contributed by atoms with Crippen LogP contribution in [-0.4, -0.2) is 53.0 Å². The molecule has 1 aliphatic rings. The number of carbonyl (C=O) groups is 2. The van der Waals surface area contributed by atoms with Gasteiger partial charge in [0.1, 0.15) is 5.78 Å². The van der Waals surface area contributed by atoms with Crippen LogP contribution >= 0.6 is 0 Å². The fourth-order valence-corrected chi connectivity index (χ4v) is 4.80. The molecule has 1 aromatic heterocycles. The Bertz CT molecular complexity index is 1440. The van der Waals surface area contributed by atoms with Crippen molar-refractivity contribution < 1.29 is 19.1 Å². The summed E-state index contributed by atoms with van der Waals surface area (Å²) in [6.45, 7) is 4.07. The number of nitrogens with zero attached hydrogens (tertiary/aromatic N) is 3. The van der Waals surface area contributed by atoms with E-state index in [1.54, 1.807) is 46.9 Å². The van der Waals surface area contributed by atoms with E-state index in [1.165, 1.54) is 25.5 Å². The minimum absolute atomic E-state index is 0.0416. The predicted molar refractivity (Wildman–Crippen MR) is 136 cm³/mol. The Morgan fingerprint density at radius 1 is 0.972 bits per heavy atom. The van der Waals surface area contributed by atoms with Crippen molar-refractivity contribution in [1.82, 2.24) is 14.0 Å². The normalized spacial score (nSPS) is 15.3. The molecule has 0 spiro atoms. The summed E-state index contributed by atoms with van der Waals surface area (Å²) in [7, 11) is 3.07. The average Bonchev–Trinajstić information content (AvgIpc) is 3.35. The van der Waals surface area contributed by atoms with Gasteiger partial charge in [-0.3, -0.25) is 18.7 Å². The smallest absolute Gasteiger partial charge is 0.332 e. The largest absolute Gasteiger partial charge is 0.493 e. The van der Waals surface area contributed by atoms with Crippen LogP contribution in [0.4, 0.5) is 0 Å². The molecular weight excluding hydrogens is 462 g/mol. The van der Waals surface area contributed by atoms with Gasteiger partial charge < -0.3 is 19.2 Å². The molecular formula is C27H31N3O6. The highest BCUT2D eigenvalue weighted by atomic mass is 16.5. The number of likely N-dealkylation sites (tertiary alicyclic amines) is 1. The van der Waals surface area contributed by atoms with E-state index in [1.807, 2.05) is 6.07 Å². The summed E-state index contributed by atoms with van der Waals surface area (Å²) >= 11 is 0. The van der Waals surface area contributed by atoms with Crippen molar-refractivity contribution in [3.8, 4) is 11.5 Å². The molecule has 2 aromatic carbocycles. The maximum Gasteiger partial charge on any atom is 0.332 e. The molecule has 1 atom stereocenters. The first-order chi connectivity index (χ1) is 17.2. The zero-order chi connectivity index (χ0) is 26.0. The van der Waals surface area contributed by atoms with E-state index in [2.05, 4.69) is 0 Å². The summed E-state index contributed by atoms with van der Waals surface area (Å²) < 4.78 is 13.6. The summed E-state index contributed by atoms with van der Waals surface area (Å²) in [6, 6.07) is 10.4. The Hall–Kier alpha value is -3.88. The molecule has 1 unspecified atom stereocenters. The molecule has 3 aromatic rings. The Morgan fingerprint density at radius 3 is 2.33 bits per heavy atom. The molecule has 0 saturated carbocycles. The van der Waals surface area contributed by atoms with E-state index in [0.29, 0.717) is 60.3 Å². The van der Waals surface area contributed by atoms with E-state index in [9.17, 15) is 19.2 Å². The third kappa shape index (κ3) is 4.91. The van der Waals surface area contributed by atoms with Crippen molar-refractivity contribution in [2.24, 2.45) is 0 Å². The summed E-state index contributed by atoms with van der Waals surface area (Å²) in [5.74, 6) is 1.08. The van der Waals surface area contributed by atoms with Gasteiger partial charge in [0.2, 0.25) is 5.91 Å². The summed E-state index contributed by atoms with van der Waals surface area (Å²) in [4.78, 5) is 52.6. The summed E-state index contributed by atoms with van der Waals surface area (Å²) in [5.41, 5.74) is 1.29. The quantitative estimate of drug-likeness (QED) is 0.478. The number of ketones is 1. The van der Waals surface area contributed by atoms with Crippen LogP contribution in [-0.2, 0) is 22.6 Å². The highest BCUT2D eigenvalue weighted by molar-refractivity contribution is 5.80. The van der Waals surface area contributed by atoms with Crippen LogP contribution in [0.2, 0.25) is 0 Å². The number of fused-ring (bicyclic) bond motifs is 1. The van der Waals surface area contributed by atoms with Gasteiger partial charge in [-0.05, 0) is 55.2 Å². The SMILES string of the molecule is COc1ccc(Cn2c(=O)c3cc(CCC(C)=O)ccc3n(C3CCN(C(C)=O)C3)c2=O)cc1OC. The van der Waals surface area contributed by atoms with Gasteiger partial charge in [0.15, 0.2) is 11.5 Å². The van der Waals surface area contributed by atoms with Gasteiger partial charge in [0.05, 0.1) is 37.7 Å². The van der Waals surface area contributed by atoms with Gasteiger partial charge in [-0.15, -0.1) is 0 Å². The number of hydrogen-bond acceptors (Lipinski definition) is 6. The maximum atomic E-state index is 13.8. The highest BCUT2D eigenvalue weighted by Crippen LogP contribution is 2.28. The topological polar surface area (TPSA) is 99.8 Å². The summed E-state index contributed by atoms with van der Waals surface area (Å²) in [6.07, 6.45) is 1.51. The number of benzene rings is 2. The lowest BCUT2D eigenvalue weighted by molar-refractivity contribution is -0.127. The maximum absolute atomic E-state index is 13.8. The molecule has 0 aliphatic carbocycles. The number of rotatable bonds is 8. The minimum atomic E-state index is -0.422. The second-order valence-electron chi connectivity index (χ2n) is 9.19. The van der Waals surface area contributed by atoms with E-state index in [0.717, 1.165) is 5.56 Å². The van der Waals surface area contributed by atoms with Gasteiger partial charge in [0, 0.05) is 26.4 Å². The van der Waals surface area contributed by atoms with Gasteiger partial charge in [-0.2, -0.15) is 0 Å². The second-order valence-corrected chi connectivity index (χ2v) is 9.19.